The Bertz CT molecular complexity index is 1370. The number of amides is 2. The Kier molecular flexibility index (Phi) is 3.74. The van der Waals surface area contributed by atoms with E-state index in [4.69, 9.17) is 0 Å². The van der Waals surface area contributed by atoms with Crippen LogP contribution in [0.25, 0.3) is 33.0 Å². The van der Waals surface area contributed by atoms with Crippen molar-refractivity contribution in [2.24, 2.45) is 14.1 Å². The van der Waals surface area contributed by atoms with Gasteiger partial charge in [-0.2, -0.15) is 0 Å². The van der Waals surface area contributed by atoms with E-state index in [-0.39, 0.29) is 11.8 Å². The fourth-order valence-electron chi connectivity index (χ4n) is 4.36. The van der Waals surface area contributed by atoms with E-state index in [1.54, 1.807) is 0 Å². The maximum absolute atomic E-state index is 12.9. The van der Waals surface area contributed by atoms with Crippen LogP contribution in [0, 0.1) is 0 Å². The molecule has 5 nitrogen and oxygen atoms in total. The number of aromatic nitrogens is 2. The number of hydrogen-bond donors (Lipinski definition) is 1. The van der Waals surface area contributed by atoms with Crippen LogP contribution < -0.4 is 5.32 Å². The Labute approximate surface area is 168 Å². The molecular formula is C24H21N3O2. The van der Waals surface area contributed by atoms with Crippen molar-refractivity contribution in [1.29, 1.82) is 0 Å². The average molecular weight is 383 g/mol. The summed E-state index contributed by atoms with van der Waals surface area (Å²) in [6.07, 6.45) is 4.82. The molecule has 5 rings (SSSR count). The van der Waals surface area contributed by atoms with Crippen LogP contribution in [-0.2, 0) is 30.1 Å². The van der Waals surface area contributed by atoms with Gasteiger partial charge in [0.2, 0.25) is 0 Å². The molecule has 144 valence electrons. The lowest BCUT2D eigenvalue weighted by Gasteiger charge is -2.03. The van der Waals surface area contributed by atoms with Crippen LogP contribution in [0.3, 0.4) is 0 Å². The molecule has 1 N–H and O–H groups in total. The van der Waals surface area contributed by atoms with Gasteiger partial charge in [0.15, 0.2) is 0 Å². The van der Waals surface area contributed by atoms with Crippen LogP contribution in [0.5, 0.6) is 0 Å². The molecule has 29 heavy (non-hydrogen) atoms. The first-order chi connectivity index (χ1) is 14.0. The molecule has 4 aromatic rings. The molecule has 2 amide bonds. The Balaban J connectivity index is 1.84. The summed E-state index contributed by atoms with van der Waals surface area (Å²) in [7, 11) is 3.92. The normalized spacial score (nSPS) is 14.4. The average Bonchev–Trinajstić information content (AvgIpc) is 3.32. The molecular weight excluding hydrogens is 362 g/mol. The van der Waals surface area contributed by atoms with Crippen molar-refractivity contribution >= 4 is 44.8 Å². The minimum absolute atomic E-state index is 0.343. The van der Waals surface area contributed by atoms with Crippen LogP contribution in [0.2, 0.25) is 0 Å². The Hall–Kier alpha value is -3.60. The third-order valence-electron chi connectivity index (χ3n) is 5.83. The quantitative estimate of drug-likeness (QED) is 0.547. The topological polar surface area (TPSA) is 56.0 Å². The highest BCUT2D eigenvalue weighted by Crippen LogP contribution is 2.38. The first-order valence-electron chi connectivity index (χ1n) is 9.72. The van der Waals surface area contributed by atoms with E-state index in [1.807, 2.05) is 66.0 Å². The van der Waals surface area contributed by atoms with Crippen molar-refractivity contribution in [3.63, 3.8) is 0 Å². The van der Waals surface area contributed by atoms with E-state index in [9.17, 15) is 9.59 Å². The molecule has 3 heterocycles. The number of fused-ring (bicyclic) bond motifs is 2. The molecule has 0 saturated carbocycles. The van der Waals surface area contributed by atoms with Gasteiger partial charge in [-0.1, -0.05) is 37.3 Å². The van der Waals surface area contributed by atoms with Crippen molar-refractivity contribution in [3.05, 3.63) is 71.5 Å². The molecule has 0 spiro atoms. The predicted molar refractivity (Wildman–Crippen MR) is 115 cm³/mol. The molecule has 0 aliphatic carbocycles. The van der Waals surface area contributed by atoms with Crippen LogP contribution in [0.4, 0.5) is 0 Å². The monoisotopic (exact) mass is 383 g/mol. The van der Waals surface area contributed by atoms with Gasteiger partial charge >= 0.3 is 0 Å². The summed E-state index contributed by atoms with van der Waals surface area (Å²) in [5.74, 6) is -0.687. The molecule has 0 saturated heterocycles. The molecule has 0 bridgehead atoms. The molecule has 2 aromatic carbocycles. The van der Waals surface area contributed by atoms with Gasteiger partial charge in [-0.25, -0.2) is 0 Å². The molecule has 5 heteroatoms. The van der Waals surface area contributed by atoms with Crippen LogP contribution in [-0.4, -0.2) is 20.9 Å². The van der Waals surface area contributed by atoms with E-state index >= 15 is 0 Å². The van der Waals surface area contributed by atoms with Gasteiger partial charge in [0.25, 0.3) is 11.8 Å². The van der Waals surface area contributed by atoms with Gasteiger partial charge in [0.05, 0.1) is 11.1 Å². The zero-order valence-corrected chi connectivity index (χ0v) is 16.6. The summed E-state index contributed by atoms with van der Waals surface area (Å²) in [6.45, 7) is 2.12. The number of rotatable bonds is 3. The second-order valence-corrected chi connectivity index (χ2v) is 7.56. The maximum atomic E-state index is 12.9. The van der Waals surface area contributed by atoms with Gasteiger partial charge in [-0.05, 0) is 24.1 Å². The van der Waals surface area contributed by atoms with Crippen molar-refractivity contribution in [3.8, 4) is 0 Å². The third kappa shape index (κ3) is 2.47. The van der Waals surface area contributed by atoms with Crippen LogP contribution >= 0.6 is 0 Å². The standard InChI is InChI=1S/C24H21N3O2/c1-4-14-9-10-16-18(13-27(3)20(16)11-14)22-21(23(28)25-24(22)29)17-12-26(2)19-8-6-5-7-15(17)19/h5-13H,4H2,1-3H3,(H,25,28,29). The van der Waals surface area contributed by atoms with Gasteiger partial charge < -0.3 is 9.13 Å². The smallest absolute Gasteiger partial charge is 0.259 e. The van der Waals surface area contributed by atoms with Gasteiger partial charge in [0, 0.05) is 59.4 Å². The second-order valence-electron chi connectivity index (χ2n) is 7.56. The minimum atomic E-state index is -0.344. The largest absolute Gasteiger partial charge is 0.350 e. The fourth-order valence-corrected chi connectivity index (χ4v) is 4.36. The first-order valence-corrected chi connectivity index (χ1v) is 9.72. The Morgan fingerprint density at radius 1 is 0.793 bits per heavy atom. The zero-order valence-electron chi connectivity index (χ0n) is 16.6. The zero-order chi connectivity index (χ0) is 20.3. The number of benzene rings is 2. The first kappa shape index (κ1) is 17.5. The number of nitrogens with one attached hydrogen (secondary N) is 1. The number of carbonyl (C=O) groups is 2. The van der Waals surface area contributed by atoms with Crippen LogP contribution in [0.1, 0.15) is 23.6 Å². The predicted octanol–water partition coefficient (Wildman–Crippen LogP) is 3.80. The lowest BCUT2D eigenvalue weighted by atomic mass is 9.95. The van der Waals surface area contributed by atoms with Gasteiger partial charge in [-0.15, -0.1) is 0 Å². The summed E-state index contributed by atoms with van der Waals surface area (Å²) in [5.41, 5.74) is 5.77. The lowest BCUT2D eigenvalue weighted by Crippen LogP contribution is -2.22. The van der Waals surface area contributed by atoms with Crippen molar-refractivity contribution < 1.29 is 9.59 Å². The number of nitrogens with zero attached hydrogens (tertiary/aromatic N) is 2. The molecule has 0 radical (unpaired) electrons. The summed E-state index contributed by atoms with van der Waals surface area (Å²) in [6, 6.07) is 14.2. The molecule has 1 aliphatic heterocycles. The summed E-state index contributed by atoms with van der Waals surface area (Å²) in [5, 5.41) is 4.45. The highest BCUT2D eigenvalue weighted by Gasteiger charge is 2.35. The number of para-hydroxylation sites is 1. The highest BCUT2D eigenvalue weighted by molar-refractivity contribution is 6.50. The molecule has 2 aromatic heterocycles. The number of imide groups is 1. The number of aryl methyl sites for hydroxylation is 3. The van der Waals surface area contributed by atoms with Crippen molar-refractivity contribution in [2.75, 3.05) is 0 Å². The number of hydrogen-bond acceptors (Lipinski definition) is 2. The van der Waals surface area contributed by atoms with E-state index in [2.05, 4.69) is 24.4 Å². The van der Waals surface area contributed by atoms with Crippen molar-refractivity contribution in [2.45, 2.75) is 13.3 Å². The third-order valence-corrected chi connectivity index (χ3v) is 5.83. The van der Waals surface area contributed by atoms with Gasteiger partial charge in [-0.3, -0.25) is 14.9 Å². The fraction of sp³-hybridized carbons (Fsp3) is 0.167. The van der Waals surface area contributed by atoms with E-state index in [0.29, 0.717) is 11.1 Å². The molecule has 1 aliphatic rings. The molecule has 0 atom stereocenters. The number of carbonyl (C=O) groups excluding carboxylic acids is 2. The maximum Gasteiger partial charge on any atom is 0.259 e. The van der Waals surface area contributed by atoms with E-state index in [1.165, 1.54) is 5.56 Å². The SMILES string of the molecule is CCc1ccc2c(C3=C(c4cn(C)c5ccccc45)C(=O)NC3=O)cn(C)c2c1. The lowest BCUT2D eigenvalue weighted by molar-refractivity contribution is -0.122. The van der Waals surface area contributed by atoms with Gasteiger partial charge in [0.1, 0.15) is 0 Å². The Morgan fingerprint density at radius 2 is 1.38 bits per heavy atom. The Morgan fingerprint density at radius 3 is 2.03 bits per heavy atom. The van der Waals surface area contributed by atoms with E-state index in [0.717, 1.165) is 39.4 Å². The van der Waals surface area contributed by atoms with E-state index < -0.39 is 0 Å². The minimum Gasteiger partial charge on any atom is -0.350 e. The summed E-state index contributed by atoms with van der Waals surface area (Å²) in [4.78, 5) is 25.7. The van der Waals surface area contributed by atoms with Crippen molar-refractivity contribution in [1.82, 2.24) is 14.5 Å². The summed E-state index contributed by atoms with van der Waals surface area (Å²) < 4.78 is 4.01. The molecule has 0 unspecified atom stereocenters. The second kappa shape index (κ2) is 6.21. The molecule has 0 fully saturated rings. The van der Waals surface area contributed by atoms with Crippen LogP contribution in [0.15, 0.2) is 54.9 Å². The summed E-state index contributed by atoms with van der Waals surface area (Å²) >= 11 is 0. The highest BCUT2D eigenvalue weighted by atomic mass is 16.2.